The third-order valence-electron chi connectivity index (χ3n) is 13.0. The Hall–Kier alpha value is -3.51. The first-order chi connectivity index (χ1) is 23.0. The van der Waals surface area contributed by atoms with Crippen LogP contribution in [0.15, 0.2) is 51.7 Å². The number of carbonyl (C=O) groups excluding carboxylic acids is 2. The fraction of sp³-hybridized carbons (Fsp3) is 0.686. The molecule has 0 radical (unpaired) electrons. The first kappa shape index (κ1) is 28.5. The number of esters is 2. The van der Waals surface area contributed by atoms with E-state index in [-0.39, 0.29) is 29.5 Å². The lowest BCUT2D eigenvalue weighted by Gasteiger charge is -2.38. The summed E-state index contributed by atoms with van der Waals surface area (Å²) in [7, 11) is 0. The van der Waals surface area contributed by atoms with Crippen LogP contribution in [0.25, 0.3) is 0 Å². The van der Waals surface area contributed by atoms with Crippen molar-refractivity contribution in [2.75, 3.05) is 13.1 Å². The molecule has 12 heteroatoms. The normalized spacial score (nSPS) is 40.9. The van der Waals surface area contributed by atoms with Gasteiger partial charge >= 0.3 is 11.9 Å². The van der Waals surface area contributed by atoms with Crippen LogP contribution in [0, 0.1) is 5.92 Å². The zero-order chi connectivity index (χ0) is 31.3. The second-order valence-corrected chi connectivity index (χ2v) is 15.4. The number of carbonyl (C=O) groups is 2. The van der Waals surface area contributed by atoms with Crippen LogP contribution in [0.2, 0.25) is 0 Å². The molecule has 2 unspecified atom stereocenters. The molecule has 1 aromatic heterocycles. The first-order valence-corrected chi connectivity index (χ1v) is 18.1. The molecular weight excluding hydrogens is 596 g/mol. The van der Waals surface area contributed by atoms with Crippen molar-refractivity contribution in [1.29, 1.82) is 0 Å². The summed E-state index contributed by atoms with van der Waals surface area (Å²) in [5.74, 6) is -0.0536. The summed E-state index contributed by atoms with van der Waals surface area (Å²) in [5.41, 5.74) is 3.58. The molecule has 2 aliphatic carbocycles. The summed E-state index contributed by atoms with van der Waals surface area (Å²) in [4.78, 5) is 30.0. The molecule has 0 amide bonds. The largest absolute Gasteiger partial charge is 0.450 e. The molecule has 4 saturated heterocycles. The summed E-state index contributed by atoms with van der Waals surface area (Å²) in [6.45, 7) is 2.15. The summed E-state index contributed by atoms with van der Waals surface area (Å²) in [6, 6.07) is 1.51. The van der Waals surface area contributed by atoms with E-state index < -0.39 is 5.60 Å². The Balaban J connectivity index is 0.769. The van der Waals surface area contributed by atoms with E-state index in [9.17, 15) is 9.59 Å². The Kier molecular flexibility index (Phi) is 6.36. The van der Waals surface area contributed by atoms with E-state index in [1.807, 2.05) is 4.68 Å². The monoisotopic (exact) mass is 639 g/mol. The number of aryl methyl sites for hydroxylation is 1. The van der Waals surface area contributed by atoms with Crippen LogP contribution >= 0.6 is 0 Å². The number of hydrogen-bond acceptors (Lipinski definition) is 10. The molecule has 0 N–H and O–H groups in total. The Morgan fingerprint density at radius 1 is 0.851 bits per heavy atom. The Morgan fingerprint density at radius 3 is 2.30 bits per heavy atom. The van der Waals surface area contributed by atoms with E-state index in [0.717, 1.165) is 94.3 Å². The molecule has 246 valence electrons. The second-order valence-electron chi connectivity index (χ2n) is 15.4. The molecule has 4 bridgehead atoms. The minimum absolute atomic E-state index is 0.165. The summed E-state index contributed by atoms with van der Waals surface area (Å²) in [6.07, 6.45) is 24.1. The van der Waals surface area contributed by atoms with Crippen LogP contribution < -0.4 is 0 Å². The zero-order valence-corrected chi connectivity index (χ0v) is 26.9. The van der Waals surface area contributed by atoms with Gasteiger partial charge in [0.2, 0.25) is 5.70 Å². The fourth-order valence-electron chi connectivity index (χ4n) is 11.1. The lowest BCUT2D eigenvalue weighted by molar-refractivity contribution is -0.462. The minimum atomic E-state index is -0.403. The molecule has 8 heterocycles. The Labute approximate surface area is 274 Å². The Bertz CT molecular complexity index is 1690. The Morgan fingerprint density at radius 2 is 1.53 bits per heavy atom. The van der Waals surface area contributed by atoms with Gasteiger partial charge in [-0.2, -0.15) is 0 Å². The van der Waals surface area contributed by atoms with Gasteiger partial charge in [-0.15, -0.1) is 9.78 Å². The number of hydrogen-bond donors (Lipinski definition) is 0. The molecule has 2 spiro atoms. The summed E-state index contributed by atoms with van der Waals surface area (Å²) < 4.78 is 16.0. The molecule has 12 nitrogen and oxygen atoms in total. The van der Waals surface area contributed by atoms with Gasteiger partial charge in [0.05, 0.1) is 28.9 Å². The standard InChI is InChI=1S/C35H43N8O4/c44-32-15-23-13-22(28-17-34(23,46-32)30-9-3-5-11-41(28)30)19-40-20-25(36-38-40)7-1-2-8-26-21-43(39-37-26)27-14-24-16-33(45)47-35(24)18-29(27)42-12-6-4-10-31(35)42/h15-16,19-22,27-31H,1-14,17-18H2/q+1/b40-19+/t22?,27-,28+,29+,30?,31-,34+,35+/m1/s1. The highest BCUT2D eigenvalue weighted by Crippen LogP contribution is 2.57. The van der Waals surface area contributed by atoms with Crippen LogP contribution in [-0.4, -0.2) is 96.1 Å². The smallest absolute Gasteiger partial charge is 0.331 e. The van der Waals surface area contributed by atoms with Crippen molar-refractivity contribution < 1.29 is 23.7 Å². The van der Waals surface area contributed by atoms with Crippen LogP contribution in [0.1, 0.15) is 95.2 Å². The van der Waals surface area contributed by atoms with Gasteiger partial charge in [-0.3, -0.25) is 9.80 Å². The molecule has 7 aliphatic heterocycles. The van der Waals surface area contributed by atoms with Gasteiger partial charge in [-0.25, -0.2) is 14.3 Å². The molecular formula is C35H43N8O4+. The highest BCUT2D eigenvalue weighted by atomic mass is 16.6. The van der Waals surface area contributed by atoms with Gasteiger partial charge in [0.25, 0.3) is 0 Å². The van der Waals surface area contributed by atoms with E-state index in [2.05, 4.69) is 53.7 Å². The zero-order valence-electron chi connectivity index (χ0n) is 26.9. The molecule has 47 heavy (non-hydrogen) atoms. The van der Waals surface area contributed by atoms with Gasteiger partial charge in [0, 0.05) is 55.6 Å². The third-order valence-corrected chi connectivity index (χ3v) is 13.0. The molecule has 8 atom stereocenters. The van der Waals surface area contributed by atoms with Crippen molar-refractivity contribution in [1.82, 2.24) is 24.8 Å². The quantitative estimate of drug-likeness (QED) is 0.250. The van der Waals surface area contributed by atoms with Crippen molar-refractivity contribution in [3.8, 4) is 0 Å². The van der Waals surface area contributed by atoms with Gasteiger partial charge in [-0.05, 0) is 82.0 Å². The highest BCUT2D eigenvalue weighted by Gasteiger charge is 2.65. The number of aromatic nitrogens is 3. The van der Waals surface area contributed by atoms with E-state index in [4.69, 9.17) is 9.47 Å². The fourth-order valence-corrected chi connectivity index (χ4v) is 11.1. The van der Waals surface area contributed by atoms with E-state index >= 15 is 0 Å². The number of ether oxygens (including phenoxy) is 2. The lowest BCUT2D eigenvalue weighted by atomic mass is 9.73. The van der Waals surface area contributed by atoms with Gasteiger partial charge in [-0.1, -0.05) is 18.1 Å². The first-order valence-electron chi connectivity index (χ1n) is 18.1. The predicted octanol–water partition coefficient (Wildman–Crippen LogP) is 3.96. The maximum atomic E-state index is 12.4. The number of fused-ring (bicyclic) bond motifs is 6. The molecule has 10 rings (SSSR count). The molecule has 2 saturated carbocycles. The van der Waals surface area contributed by atoms with Crippen molar-refractivity contribution >= 4 is 18.2 Å². The number of nitrogens with zero attached hydrogens (tertiary/aromatic N) is 8. The van der Waals surface area contributed by atoms with Gasteiger partial charge < -0.3 is 9.47 Å². The topological polar surface area (TPSA) is 118 Å². The molecule has 0 aromatic carbocycles. The molecule has 6 fully saturated rings. The average molecular weight is 640 g/mol. The van der Waals surface area contributed by atoms with Crippen LogP contribution in [0.3, 0.4) is 0 Å². The number of allylic oxidation sites excluding steroid dienone is 1. The summed E-state index contributed by atoms with van der Waals surface area (Å²) in [5, 5.41) is 18.1. The van der Waals surface area contributed by atoms with E-state index in [1.54, 1.807) is 12.2 Å². The van der Waals surface area contributed by atoms with Crippen LogP contribution in [-0.2, 0) is 25.5 Å². The number of rotatable bonds is 7. The SMILES string of the molecule is O=C1C=C2CC(/C=[N+]3\C=C(CCCCc4cn([C@@H]5CC6=CC(=O)O[C@@]67C[C@@H]5N5CCCC[C@@H]57)nn4)N=N3)[C@@H]3C[C@@]2(O1)C1CCCCN13. The number of unbranched alkanes of at least 4 members (excludes halogenated alkanes) is 1. The van der Waals surface area contributed by atoms with E-state index in [1.165, 1.54) is 31.3 Å². The van der Waals surface area contributed by atoms with E-state index in [0.29, 0.717) is 24.2 Å². The minimum Gasteiger partial charge on any atom is -0.450 e. The maximum absolute atomic E-state index is 12.4. The van der Waals surface area contributed by atoms with Crippen LogP contribution in [0.5, 0.6) is 0 Å². The highest BCUT2D eigenvalue weighted by molar-refractivity contribution is 5.88. The third kappa shape index (κ3) is 4.29. The van der Waals surface area contributed by atoms with Crippen molar-refractivity contribution in [3.05, 3.63) is 47.1 Å². The lowest BCUT2D eigenvalue weighted by Crippen LogP contribution is -2.48. The molecule has 9 aliphatic rings. The predicted molar refractivity (Wildman–Crippen MR) is 168 cm³/mol. The van der Waals surface area contributed by atoms with Crippen molar-refractivity contribution in [2.24, 2.45) is 16.3 Å². The van der Waals surface area contributed by atoms with Crippen molar-refractivity contribution in [2.45, 2.75) is 131 Å². The number of piperidine rings is 2. The molecule has 1 aromatic rings. The van der Waals surface area contributed by atoms with Crippen LogP contribution in [0.4, 0.5) is 0 Å². The van der Waals surface area contributed by atoms with Gasteiger partial charge in [0.15, 0.2) is 17.4 Å². The van der Waals surface area contributed by atoms with Gasteiger partial charge in [0.1, 0.15) is 11.4 Å². The maximum Gasteiger partial charge on any atom is 0.331 e. The second kappa shape index (κ2) is 10.5. The van der Waals surface area contributed by atoms with Crippen molar-refractivity contribution in [3.63, 3.8) is 0 Å². The summed E-state index contributed by atoms with van der Waals surface area (Å²) >= 11 is 0. The average Bonchev–Trinajstić information content (AvgIpc) is 3.92.